The average Bonchev–Trinajstić information content (AvgIpc) is 2.73. The number of carbonyl (C=O) groups is 1. The fourth-order valence-corrected chi connectivity index (χ4v) is 1.71. The van der Waals surface area contributed by atoms with Crippen molar-refractivity contribution >= 4 is 6.09 Å². The van der Waals surface area contributed by atoms with Gasteiger partial charge in [0.05, 0.1) is 12.6 Å². The monoisotopic (exact) mass is 180 g/mol. The van der Waals surface area contributed by atoms with Gasteiger partial charge < -0.3 is 9.64 Å². The maximum atomic E-state index is 11.1. The summed E-state index contributed by atoms with van der Waals surface area (Å²) in [6, 6.07) is 2.18. The van der Waals surface area contributed by atoms with Gasteiger partial charge in [-0.3, -0.25) is 0 Å². The van der Waals surface area contributed by atoms with Crippen molar-refractivity contribution in [2.45, 2.75) is 19.3 Å². The van der Waals surface area contributed by atoms with E-state index in [1.54, 1.807) is 4.90 Å². The number of ether oxygens (including phenoxy) is 1. The number of hydrogen-bond donors (Lipinski definition) is 0. The van der Waals surface area contributed by atoms with Gasteiger partial charge in [0, 0.05) is 18.4 Å². The zero-order chi connectivity index (χ0) is 9.31. The van der Waals surface area contributed by atoms with Gasteiger partial charge in [-0.2, -0.15) is 5.26 Å². The maximum Gasteiger partial charge on any atom is 0.409 e. The van der Waals surface area contributed by atoms with Crippen LogP contribution < -0.4 is 0 Å². The molecule has 0 unspecified atom stereocenters. The van der Waals surface area contributed by atoms with E-state index in [1.165, 1.54) is 0 Å². The lowest BCUT2D eigenvalue weighted by Gasteiger charge is -2.18. The van der Waals surface area contributed by atoms with Crippen LogP contribution in [0.25, 0.3) is 0 Å². The molecule has 0 radical (unpaired) electrons. The van der Waals surface area contributed by atoms with E-state index in [2.05, 4.69) is 6.07 Å². The summed E-state index contributed by atoms with van der Waals surface area (Å²) in [6.07, 6.45) is 2.50. The molecule has 2 rings (SSSR count). The Morgan fingerprint density at radius 3 is 2.85 bits per heavy atom. The highest BCUT2D eigenvalue weighted by molar-refractivity contribution is 5.69. The van der Waals surface area contributed by atoms with Crippen LogP contribution in [-0.4, -0.2) is 30.7 Å². The van der Waals surface area contributed by atoms with Gasteiger partial charge in [0.15, 0.2) is 0 Å². The Hall–Kier alpha value is -1.24. The molecule has 2 aliphatic rings. The topological polar surface area (TPSA) is 53.3 Å². The van der Waals surface area contributed by atoms with Crippen LogP contribution in [-0.2, 0) is 4.74 Å². The number of rotatable bonds is 3. The van der Waals surface area contributed by atoms with Crippen LogP contribution in [0.15, 0.2) is 0 Å². The van der Waals surface area contributed by atoms with Gasteiger partial charge in [-0.25, -0.2) is 4.79 Å². The predicted molar refractivity (Wildman–Crippen MR) is 44.8 cm³/mol. The first-order chi connectivity index (χ1) is 6.26. The Kier molecular flexibility index (Phi) is 1.87. The van der Waals surface area contributed by atoms with Crippen LogP contribution in [0.4, 0.5) is 4.79 Å². The Labute approximate surface area is 77.1 Å². The second-order valence-electron chi connectivity index (χ2n) is 3.87. The molecule has 0 aromatic heterocycles. The fourth-order valence-electron chi connectivity index (χ4n) is 1.71. The molecule has 1 saturated carbocycles. The molecule has 1 aliphatic carbocycles. The third kappa shape index (κ3) is 1.59. The Morgan fingerprint density at radius 1 is 1.62 bits per heavy atom. The fraction of sp³-hybridized carbons (Fsp3) is 0.778. The zero-order valence-electron chi connectivity index (χ0n) is 7.45. The highest BCUT2D eigenvalue weighted by atomic mass is 16.6. The normalized spacial score (nSPS) is 23.9. The van der Waals surface area contributed by atoms with E-state index in [1.807, 2.05) is 0 Å². The molecule has 1 amide bonds. The second kappa shape index (κ2) is 2.91. The summed E-state index contributed by atoms with van der Waals surface area (Å²) < 4.78 is 4.82. The molecule has 13 heavy (non-hydrogen) atoms. The van der Waals surface area contributed by atoms with E-state index in [0.717, 1.165) is 12.8 Å². The summed E-state index contributed by atoms with van der Waals surface area (Å²) in [7, 11) is 0. The van der Waals surface area contributed by atoms with Gasteiger partial charge in [0.2, 0.25) is 0 Å². The van der Waals surface area contributed by atoms with Gasteiger partial charge in [-0.1, -0.05) is 0 Å². The van der Waals surface area contributed by atoms with Crippen molar-refractivity contribution in [3.05, 3.63) is 0 Å². The lowest BCUT2D eigenvalue weighted by Crippen LogP contribution is -2.31. The third-order valence-corrected chi connectivity index (χ3v) is 2.78. The summed E-state index contributed by atoms with van der Waals surface area (Å²) in [5.41, 5.74) is 0.109. The molecule has 0 bridgehead atoms. The minimum Gasteiger partial charge on any atom is -0.448 e. The van der Waals surface area contributed by atoms with Crippen LogP contribution in [0.3, 0.4) is 0 Å². The molecular weight excluding hydrogens is 168 g/mol. The number of nitriles is 1. The second-order valence-corrected chi connectivity index (χ2v) is 3.87. The molecule has 1 saturated heterocycles. The summed E-state index contributed by atoms with van der Waals surface area (Å²) >= 11 is 0. The van der Waals surface area contributed by atoms with Gasteiger partial charge >= 0.3 is 6.09 Å². The summed E-state index contributed by atoms with van der Waals surface area (Å²) in [5.74, 6) is 0. The van der Waals surface area contributed by atoms with E-state index < -0.39 is 0 Å². The number of nitrogens with zero attached hydrogens (tertiary/aromatic N) is 2. The van der Waals surface area contributed by atoms with Crippen molar-refractivity contribution in [1.82, 2.24) is 4.90 Å². The van der Waals surface area contributed by atoms with Gasteiger partial charge in [-0.05, 0) is 12.8 Å². The van der Waals surface area contributed by atoms with Crippen LogP contribution in [0.2, 0.25) is 0 Å². The molecule has 2 fully saturated rings. The molecule has 0 aromatic rings. The van der Waals surface area contributed by atoms with Crippen molar-refractivity contribution in [1.29, 1.82) is 5.26 Å². The maximum absolute atomic E-state index is 11.1. The van der Waals surface area contributed by atoms with Crippen molar-refractivity contribution in [3.63, 3.8) is 0 Å². The largest absolute Gasteiger partial charge is 0.448 e. The Bertz CT molecular complexity index is 265. The first kappa shape index (κ1) is 8.36. The first-order valence-electron chi connectivity index (χ1n) is 4.54. The van der Waals surface area contributed by atoms with E-state index in [4.69, 9.17) is 10.00 Å². The molecule has 70 valence electrons. The Balaban J connectivity index is 1.91. The van der Waals surface area contributed by atoms with Crippen molar-refractivity contribution in [3.8, 4) is 6.07 Å². The molecule has 0 spiro atoms. The van der Waals surface area contributed by atoms with Gasteiger partial charge in [-0.15, -0.1) is 0 Å². The van der Waals surface area contributed by atoms with E-state index in [0.29, 0.717) is 26.1 Å². The van der Waals surface area contributed by atoms with Crippen LogP contribution >= 0.6 is 0 Å². The van der Waals surface area contributed by atoms with Crippen LogP contribution in [0, 0.1) is 16.7 Å². The van der Waals surface area contributed by atoms with Crippen LogP contribution in [0.1, 0.15) is 19.3 Å². The number of hydrogen-bond acceptors (Lipinski definition) is 3. The van der Waals surface area contributed by atoms with Gasteiger partial charge in [0.25, 0.3) is 0 Å². The Morgan fingerprint density at radius 2 is 2.38 bits per heavy atom. The third-order valence-electron chi connectivity index (χ3n) is 2.78. The summed E-state index contributed by atoms with van der Waals surface area (Å²) in [5, 5.41) is 8.60. The lowest BCUT2D eigenvalue weighted by atomic mass is 10.0. The molecule has 1 heterocycles. The molecule has 4 heteroatoms. The molecule has 0 N–H and O–H groups in total. The quantitative estimate of drug-likeness (QED) is 0.654. The summed E-state index contributed by atoms with van der Waals surface area (Å²) in [4.78, 5) is 12.8. The summed E-state index contributed by atoms with van der Waals surface area (Å²) in [6.45, 7) is 1.90. The van der Waals surface area contributed by atoms with Crippen LogP contribution in [0.5, 0.6) is 0 Å². The minimum absolute atomic E-state index is 0.109. The standard InChI is InChI=1S/C9H12N2O2/c10-4-3-9(1-2-9)7-11-5-6-13-8(11)12/h1-3,5-7H2. The minimum atomic E-state index is -0.218. The molecule has 4 nitrogen and oxygen atoms in total. The predicted octanol–water partition coefficient (Wildman–Crippen LogP) is 1.13. The van der Waals surface area contributed by atoms with Gasteiger partial charge in [0.1, 0.15) is 6.61 Å². The molecule has 0 aromatic carbocycles. The molecular formula is C9H12N2O2. The SMILES string of the molecule is N#CCC1(CN2CCOC2=O)CC1. The van der Waals surface area contributed by atoms with E-state index >= 15 is 0 Å². The number of cyclic esters (lactones) is 1. The zero-order valence-corrected chi connectivity index (χ0v) is 7.45. The molecule has 0 atom stereocenters. The van der Waals surface area contributed by atoms with Crippen molar-refractivity contribution < 1.29 is 9.53 Å². The average molecular weight is 180 g/mol. The van der Waals surface area contributed by atoms with Crippen molar-refractivity contribution in [2.75, 3.05) is 19.7 Å². The highest BCUT2D eigenvalue weighted by Gasteiger charge is 2.45. The highest BCUT2D eigenvalue weighted by Crippen LogP contribution is 2.49. The smallest absolute Gasteiger partial charge is 0.409 e. The lowest BCUT2D eigenvalue weighted by molar-refractivity contribution is 0.153. The van der Waals surface area contributed by atoms with E-state index in [-0.39, 0.29) is 11.5 Å². The molecule has 1 aliphatic heterocycles. The number of amides is 1. The first-order valence-corrected chi connectivity index (χ1v) is 4.54. The number of carbonyl (C=O) groups excluding carboxylic acids is 1. The van der Waals surface area contributed by atoms with E-state index in [9.17, 15) is 4.79 Å². The van der Waals surface area contributed by atoms with Crippen molar-refractivity contribution in [2.24, 2.45) is 5.41 Å².